The minimum absolute atomic E-state index is 0.220. The normalized spacial score (nSPS) is 15.4. The number of halogens is 3. The van der Waals surface area contributed by atoms with Crippen molar-refractivity contribution in [2.24, 2.45) is 5.92 Å². The number of benzene rings is 1. The van der Waals surface area contributed by atoms with E-state index in [0.717, 1.165) is 18.5 Å². The fourth-order valence-corrected chi connectivity index (χ4v) is 3.48. The van der Waals surface area contributed by atoms with E-state index in [4.69, 9.17) is 0 Å². The van der Waals surface area contributed by atoms with Crippen molar-refractivity contribution in [3.05, 3.63) is 94.3 Å². The van der Waals surface area contributed by atoms with Gasteiger partial charge in [0, 0.05) is 54.0 Å². The van der Waals surface area contributed by atoms with Crippen molar-refractivity contribution < 1.29 is 13.2 Å². The summed E-state index contributed by atoms with van der Waals surface area (Å²) < 4.78 is 41.1. The van der Waals surface area contributed by atoms with E-state index in [1.807, 2.05) is 18.0 Å². The minimum Gasteiger partial charge on any atom is -0.381 e. The molecule has 1 aromatic rings. The fourth-order valence-electron chi connectivity index (χ4n) is 3.48. The predicted octanol–water partition coefficient (Wildman–Crippen LogP) is 6.64. The molecular weight excluding hydrogens is 411 g/mol. The van der Waals surface area contributed by atoms with Gasteiger partial charge in [0.25, 0.3) is 0 Å². The zero-order valence-corrected chi connectivity index (χ0v) is 19.2. The second kappa shape index (κ2) is 10.9. The van der Waals surface area contributed by atoms with Crippen LogP contribution in [0.3, 0.4) is 0 Å². The smallest absolute Gasteiger partial charge is 0.134 e. The van der Waals surface area contributed by atoms with Gasteiger partial charge < -0.3 is 10.2 Å². The number of nitrogens with one attached hydrogen (secondary N) is 1. The van der Waals surface area contributed by atoms with Gasteiger partial charge in [0.1, 0.15) is 23.5 Å². The van der Waals surface area contributed by atoms with Gasteiger partial charge in [0.05, 0.1) is 5.57 Å². The Morgan fingerprint density at radius 2 is 1.91 bits per heavy atom. The maximum atomic E-state index is 14.0. The van der Waals surface area contributed by atoms with Gasteiger partial charge in [-0.05, 0) is 31.8 Å². The largest absolute Gasteiger partial charge is 0.381 e. The Morgan fingerprint density at radius 3 is 2.47 bits per heavy atom. The van der Waals surface area contributed by atoms with E-state index in [9.17, 15) is 18.4 Å². The molecule has 1 aliphatic heterocycles. The lowest BCUT2D eigenvalue weighted by molar-refractivity contribution is 0.456. The van der Waals surface area contributed by atoms with Crippen LogP contribution in [0.1, 0.15) is 46.1 Å². The molecule has 32 heavy (non-hydrogen) atoms. The molecule has 0 fully saturated rings. The van der Waals surface area contributed by atoms with Crippen LogP contribution in [0, 0.1) is 34.7 Å². The van der Waals surface area contributed by atoms with E-state index in [1.165, 1.54) is 5.57 Å². The molecule has 1 aliphatic rings. The number of rotatable bonds is 9. The van der Waals surface area contributed by atoms with Crippen LogP contribution in [0.15, 0.2) is 71.3 Å². The highest BCUT2D eigenvalue weighted by Crippen LogP contribution is 2.32. The van der Waals surface area contributed by atoms with Gasteiger partial charge in [-0.1, -0.05) is 45.1 Å². The molecule has 1 atom stereocenters. The van der Waals surface area contributed by atoms with Gasteiger partial charge in [-0.25, -0.2) is 13.2 Å². The van der Waals surface area contributed by atoms with Crippen molar-refractivity contribution in [1.29, 1.82) is 5.26 Å². The van der Waals surface area contributed by atoms with E-state index in [1.54, 1.807) is 0 Å². The average molecular weight is 442 g/mol. The number of nitriles is 1. The highest BCUT2D eigenvalue weighted by atomic mass is 19.1. The third-order valence-corrected chi connectivity index (χ3v) is 5.69. The molecule has 0 aliphatic carbocycles. The standard InChI is InChI=1S/C26H30F3N3/c1-7-16(2)10-17(3)8-9-32-15-24(18(4)22(13-30)20(32)6)19(5)31-14-23-25(28)11-21(27)12-26(23)29/h10-12,15-16,31H,4-5,7-9,14H2,1-3,6H3/b17-10+. The van der Waals surface area contributed by atoms with Crippen molar-refractivity contribution in [2.45, 2.75) is 47.1 Å². The summed E-state index contributed by atoms with van der Waals surface area (Å²) in [6.07, 6.45) is 6.00. The first-order valence-electron chi connectivity index (χ1n) is 10.6. The second-order valence-electron chi connectivity index (χ2n) is 8.12. The Hall–Kier alpha value is -3.20. The number of hydrogen-bond donors (Lipinski definition) is 1. The summed E-state index contributed by atoms with van der Waals surface area (Å²) in [5.41, 5.74) is 3.65. The van der Waals surface area contributed by atoms with Crippen molar-refractivity contribution in [3.8, 4) is 6.07 Å². The maximum Gasteiger partial charge on any atom is 0.134 e. The zero-order valence-electron chi connectivity index (χ0n) is 19.2. The fraction of sp³-hybridized carbons (Fsp3) is 0.346. The molecule has 6 heteroatoms. The molecular formula is C26H30F3N3. The molecule has 0 bridgehead atoms. The molecule has 1 unspecified atom stereocenters. The molecule has 1 aromatic carbocycles. The monoisotopic (exact) mass is 441 g/mol. The summed E-state index contributed by atoms with van der Waals surface area (Å²) in [5.74, 6) is -2.42. The lowest BCUT2D eigenvalue weighted by atomic mass is 9.93. The highest BCUT2D eigenvalue weighted by Gasteiger charge is 2.23. The Morgan fingerprint density at radius 1 is 1.28 bits per heavy atom. The summed E-state index contributed by atoms with van der Waals surface area (Å²) in [5, 5.41) is 12.5. The predicted molar refractivity (Wildman–Crippen MR) is 122 cm³/mol. The summed E-state index contributed by atoms with van der Waals surface area (Å²) in [6, 6.07) is 3.47. The molecule has 2 rings (SSSR count). The first-order valence-corrected chi connectivity index (χ1v) is 10.6. The van der Waals surface area contributed by atoms with Crippen LogP contribution in [-0.4, -0.2) is 11.4 Å². The molecule has 1 heterocycles. The maximum absolute atomic E-state index is 14.0. The van der Waals surface area contributed by atoms with Crippen molar-refractivity contribution in [2.75, 3.05) is 6.54 Å². The summed E-state index contributed by atoms with van der Waals surface area (Å²) in [6.45, 7) is 16.7. The Kier molecular flexibility index (Phi) is 8.54. The summed E-state index contributed by atoms with van der Waals surface area (Å²) in [7, 11) is 0. The minimum atomic E-state index is -0.974. The third kappa shape index (κ3) is 5.94. The number of hydrogen-bond acceptors (Lipinski definition) is 3. The van der Waals surface area contributed by atoms with E-state index < -0.39 is 17.5 Å². The van der Waals surface area contributed by atoms with Crippen molar-refractivity contribution in [1.82, 2.24) is 10.2 Å². The van der Waals surface area contributed by atoms with Gasteiger partial charge in [-0.2, -0.15) is 5.26 Å². The number of allylic oxidation sites excluding steroid dienone is 4. The van der Waals surface area contributed by atoms with E-state index in [0.29, 0.717) is 47.0 Å². The van der Waals surface area contributed by atoms with Crippen LogP contribution < -0.4 is 5.32 Å². The summed E-state index contributed by atoms with van der Waals surface area (Å²) in [4.78, 5) is 1.97. The highest BCUT2D eigenvalue weighted by molar-refractivity contribution is 5.61. The quantitative estimate of drug-likeness (QED) is 0.437. The molecule has 3 nitrogen and oxygen atoms in total. The van der Waals surface area contributed by atoms with Gasteiger partial charge >= 0.3 is 0 Å². The van der Waals surface area contributed by atoms with Crippen LogP contribution in [0.25, 0.3) is 0 Å². The lowest BCUT2D eigenvalue weighted by Gasteiger charge is -2.30. The molecule has 1 N–H and O–H groups in total. The first-order chi connectivity index (χ1) is 15.1. The molecule has 170 valence electrons. The van der Waals surface area contributed by atoms with E-state index in [2.05, 4.69) is 51.4 Å². The first kappa shape index (κ1) is 25.1. The molecule has 0 saturated carbocycles. The molecule has 0 amide bonds. The lowest BCUT2D eigenvalue weighted by Crippen LogP contribution is -2.26. The SMILES string of the molecule is C=C(NCc1c(F)cc(F)cc1F)C1=CN(CC/C(C)=C/C(C)CC)C(C)=C(C#N)C1=C. The summed E-state index contributed by atoms with van der Waals surface area (Å²) >= 11 is 0. The van der Waals surface area contributed by atoms with Gasteiger partial charge in [-0.15, -0.1) is 0 Å². The average Bonchev–Trinajstić information content (AvgIpc) is 2.72. The van der Waals surface area contributed by atoms with Crippen LogP contribution in [0.2, 0.25) is 0 Å². The third-order valence-electron chi connectivity index (χ3n) is 5.69. The Balaban J connectivity index is 2.21. The van der Waals surface area contributed by atoms with E-state index in [-0.39, 0.29) is 12.1 Å². The Labute approximate surface area is 188 Å². The van der Waals surface area contributed by atoms with Gasteiger partial charge in [-0.3, -0.25) is 0 Å². The van der Waals surface area contributed by atoms with Crippen molar-refractivity contribution in [3.63, 3.8) is 0 Å². The van der Waals surface area contributed by atoms with Crippen molar-refractivity contribution >= 4 is 0 Å². The number of nitrogens with zero attached hydrogens (tertiary/aromatic N) is 2. The van der Waals surface area contributed by atoms with Gasteiger partial charge in [0.15, 0.2) is 0 Å². The van der Waals surface area contributed by atoms with Crippen LogP contribution >= 0.6 is 0 Å². The van der Waals surface area contributed by atoms with Gasteiger partial charge in [0.2, 0.25) is 0 Å². The van der Waals surface area contributed by atoms with Crippen LogP contribution in [0.5, 0.6) is 0 Å². The topological polar surface area (TPSA) is 39.1 Å². The molecule has 0 aromatic heterocycles. The van der Waals surface area contributed by atoms with Crippen LogP contribution in [-0.2, 0) is 6.54 Å². The molecule has 0 radical (unpaired) electrons. The van der Waals surface area contributed by atoms with Crippen LogP contribution in [0.4, 0.5) is 13.2 Å². The Bertz CT molecular complexity index is 1020. The molecule has 0 spiro atoms. The van der Waals surface area contributed by atoms with E-state index >= 15 is 0 Å². The molecule has 0 saturated heterocycles. The second-order valence-corrected chi connectivity index (χ2v) is 8.12. The zero-order chi connectivity index (χ0) is 24.0.